The Hall–Kier alpha value is -2.23. The second-order valence-corrected chi connectivity index (χ2v) is 6.19. The molecular formula is C16H25N7O2. The highest BCUT2D eigenvalue weighted by Crippen LogP contribution is 2.14. The van der Waals surface area contributed by atoms with Crippen LogP contribution in [0.1, 0.15) is 5.69 Å². The molecule has 136 valence electrons. The van der Waals surface area contributed by atoms with Gasteiger partial charge in [0.25, 0.3) is 0 Å². The van der Waals surface area contributed by atoms with Gasteiger partial charge in [-0.05, 0) is 6.07 Å². The lowest BCUT2D eigenvalue weighted by Crippen LogP contribution is -2.34. The van der Waals surface area contributed by atoms with E-state index in [1.807, 2.05) is 17.4 Å². The molecule has 0 amide bonds. The second kappa shape index (κ2) is 8.24. The SMILES string of the molecule is COCCn1cncc1CN1CCN(c2nccc(N)n2)C[C@H](O)C1. The number of imidazole rings is 1. The molecule has 9 heteroatoms. The van der Waals surface area contributed by atoms with Gasteiger partial charge < -0.3 is 25.0 Å². The first-order valence-electron chi connectivity index (χ1n) is 8.37. The highest BCUT2D eigenvalue weighted by molar-refractivity contribution is 5.38. The summed E-state index contributed by atoms with van der Waals surface area (Å²) in [6, 6.07) is 1.66. The molecule has 0 radical (unpaired) electrons. The van der Waals surface area contributed by atoms with Gasteiger partial charge in [-0.3, -0.25) is 4.90 Å². The summed E-state index contributed by atoms with van der Waals surface area (Å²) in [5.41, 5.74) is 6.85. The van der Waals surface area contributed by atoms with Gasteiger partial charge in [0.15, 0.2) is 0 Å². The van der Waals surface area contributed by atoms with Crippen LogP contribution < -0.4 is 10.6 Å². The second-order valence-electron chi connectivity index (χ2n) is 6.19. The molecule has 0 saturated carbocycles. The standard InChI is InChI=1S/C16H25N7O2/c1-25-7-6-23-12-18-8-13(23)9-21-4-5-22(11-14(24)10-21)16-19-3-2-15(17)20-16/h2-3,8,12,14,24H,4-7,9-11H2,1H3,(H2,17,19,20)/t14-/m1/s1. The maximum atomic E-state index is 10.4. The Morgan fingerprint density at radius 1 is 1.36 bits per heavy atom. The molecule has 1 saturated heterocycles. The van der Waals surface area contributed by atoms with Crippen molar-refractivity contribution in [3.63, 3.8) is 0 Å². The Labute approximate surface area is 147 Å². The number of hydrogen-bond donors (Lipinski definition) is 2. The maximum absolute atomic E-state index is 10.4. The van der Waals surface area contributed by atoms with E-state index in [9.17, 15) is 5.11 Å². The number of rotatable bonds is 6. The van der Waals surface area contributed by atoms with Gasteiger partial charge >= 0.3 is 0 Å². The topological polar surface area (TPSA) is 106 Å². The third-order valence-corrected chi connectivity index (χ3v) is 4.25. The molecule has 0 aromatic carbocycles. The van der Waals surface area contributed by atoms with Crippen LogP contribution in [0.4, 0.5) is 11.8 Å². The molecule has 3 rings (SSSR count). The molecule has 1 atom stereocenters. The van der Waals surface area contributed by atoms with Gasteiger partial charge in [-0.1, -0.05) is 0 Å². The number of nitrogens with zero attached hydrogens (tertiary/aromatic N) is 6. The number of β-amino-alcohol motifs (C(OH)–C–C–N with tert-alkyl or cyclic N) is 1. The fraction of sp³-hybridized carbons (Fsp3) is 0.562. The lowest BCUT2D eigenvalue weighted by molar-refractivity contribution is 0.127. The molecule has 1 aliphatic rings. The lowest BCUT2D eigenvalue weighted by Gasteiger charge is -2.22. The maximum Gasteiger partial charge on any atom is 0.227 e. The molecule has 0 spiro atoms. The van der Waals surface area contributed by atoms with E-state index in [4.69, 9.17) is 10.5 Å². The quantitative estimate of drug-likeness (QED) is 0.726. The van der Waals surface area contributed by atoms with E-state index in [-0.39, 0.29) is 0 Å². The van der Waals surface area contributed by atoms with E-state index in [0.29, 0.717) is 31.5 Å². The van der Waals surface area contributed by atoms with Crippen LogP contribution in [0.5, 0.6) is 0 Å². The van der Waals surface area contributed by atoms with E-state index in [2.05, 4.69) is 24.4 Å². The zero-order valence-corrected chi connectivity index (χ0v) is 14.5. The predicted octanol–water partition coefficient (Wildman–Crippen LogP) is -0.415. The minimum absolute atomic E-state index is 0.433. The van der Waals surface area contributed by atoms with Gasteiger partial charge in [-0.15, -0.1) is 0 Å². The highest BCUT2D eigenvalue weighted by Gasteiger charge is 2.23. The molecule has 2 aromatic rings. The normalized spacial score (nSPS) is 19.1. The first-order chi connectivity index (χ1) is 12.2. The summed E-state index contributed by atoms with van der Waals surface area (Å²) < 4.78 is 7.22. The van der Waals surface area contributed by atoms with Crippen molar-refractivity contribution in [3.05, 3.63) is 30.5 Å². The van der Waals surface area contributed by atoms with Gasteiger partial charge in [-0.25, -0.2) is 9.97 Å². The Balaban J connectivity index is 1.64. The number of methoxy groups -OCH3 is 1. The monoisotopic (exact) mass is 347 g/mol. The van der Waals surface area contributed by atoms with Crippen LogP contribution in [0.2, 0.25) is 0 Å². The van der Waals surface area contributed by atoms with E-state index < -0.39 is 6.10 Å². The number of aromatic nitrogens is 4. The summed E-state index contributed by atoms with van der Waals surface area (Å²) in [6.07, 6.45) is 4.84. The van der Waals surface area contributed by atoms with Crippen molar-refractivity contribution in [1.82, 2.24) is 24.4 Å². The minimum Gasteiger partial charge on any atom is -0.390 e. The van der Waals surface area contributed by atoms with Crippen molar-refractivity contribution in [2.45, 2.75) is 19.2 Å². The van der Waals surface area contributed by atoms with E-state index in [1.165, 1.54) is 0 Å². The molecule has 3 N–H and O–H groups in total. The van der Waals surface area contributed by atoms with Crippen molar-refractivity contribution in [2.75, 3.05) is 50.5 Å². The van der Waals surface area contributed by atoms with Crippen molar-refractivity contribution in [2.24, 2.45) is 0 Å². The largest absolute Gasteiger partial charge is 0.390 e. The van der Waals surface area contributed by atoms with E-state index in [1.54, 1.807) is 19.4 Å². The molecule has 0 aliphatic carbocycles. The molecule has 9 nitrogen and oxygen atoms in total. The first-order valence-corrected chi connectivity index (χ1v) is 8.37. The molecule has 1 fully saturated rings. The summed E-state index contributed by atoms with van der Waals surface area (Å²) in [6.45, 7) is 4.75. The number of aliphatic hydroxyl groups is 1. The van der Waals surface area contributed by atoms with Crippen LogP contribution in [-0.4, -0.2) is 75.5 Å². The predicted molar refractivity (Wildman–Crippen MR) is 94.0 cm³/mol. The van der Waals surface area contributed by atoms with E-state index in [0.717, 1.165) is 31.9 Å². The average Bonchev–Trinajstić information content (AvgIpc) is 2.94. The first kappa shape index (κ1) is 17.6. The van der Waals surface area contributed by atoms with Gasteiger partial charge in [0, 0.05) is 58.8 Å². The van der Waals surface area contributed by atoms with Crippen LogP contribution in [0.25, 0.3) is 0 Å². The number of anilines is 2. The molecule has 2 aromatic heterocycles. The Bertz CT molecular complexity index is 678. The number of aliphatic hydroxyl groups excluding tert-OH is 1. The summed E-state index contributed by atoms with van der Waals surface area (Å²) in [4.78, 5) is 16.9. The fourth-order valence-corrected chi connectivity index (χ4v) is 2.99. The third-order valence-electron chi connectivity index (χ3n) is 4.25. The van der Waals surface area contributed by atoms with Crippen molar-refractivity contribution >= 4 is 11.8 Å². The third kappa shape index (κ3) is 4.65. The lowest BCUT2D eigenvalue weighted by atomic mass is 10.3. The summed E-state index contributed by atoms with van der Waals surface area (Å²) in [7, 11) is 1.69. The smallest absolute Gasteiger partial charge is 0.227 e. The Morgan fingerprint density at radius 3 is 3.04 bits per heavy atom. The van der Waals surface area contributed by atoms with Crippen molar-refractivity contribution in [3.8, 4) is 0 Å². The van der Waals surface area contributed by atoms with Crippen molar-refractivity contribution in [1.29, 1.82) is 0 Å². The number of hydrogen-bond acceptors (Lipinski definition) is 8. The van der Waals surface area contributed by atoms with E-state index >= 15 is 0 Å². The van der Waals surface area contributed by atoms with Crippen LogP contribution in [0.3, 0.4) is 0 Å². The number of ether oxygens (including phenoxy) is 1. The van der Waals surface area contributed by atoms with Crippen LogP contribution in [-0.2, 0) is 17.8 Å². The average molecular weight is 347 g/mol. The number of nitrogens with two attached hydrogens (primary N) is 1. The summed E-state index contributed by atoms with van der Waals surface area (Å²) in [5.74, 6) is 0.994. The van der Waals surface area contributed by atoms with Crippen LogP contribution >= 0.6 is 0 Å². The molecule has 25 heavy (non-hydrogen) atoms. The summed E-state index contributed by atoms with van der Waals surface area (Å²) in [5, 5.41) is 10.4. The Morgan fingerprint density at radius 2 is 2.24 bits per heavy atom. The minimum atomic E-state index is -0.483. The zero-order valence-electron chi connectivity index (χ0n) is 14.5. The van der Waals surface area contributed by atoms with Gasteiger partial charge in [-0.2, -0.15) is 4.98 Å². The molecule has 0 unspecified atom stereocenters. The zero-order chi connectivity index (χ0) is 17.6. The molecule has 3 heterocycles. The van der Waals surface area contributed by atoms with Gasteiger partial charge in [0.2, 0.25) is 5.95 Å². The number of nitrogen functional groups attached to an aromatic ring is 1. The highest BCUT2D eigenvalue weighted by atomic mass is 16.5. The summed E-state index contributed by atoms with van der Waals surface area (Å²) >= 11 is 0. The van der Waals surface area contributed by atoms with Gasteiger partial charge in [0.05, 0.1) is 24.7 Å². The van der Waals surface area contributed by atoms with Crippen molar-refractivity contribution < 1.29 is 9.84 Å². The molecular weight excluding hydrogens is 322 g/mol. The van der Waals surface area contributed by atoms with Crippen LogP contribution in [0, 0.1) is 0 Å². The molecule has 0 bridgehead atoms. The fourth-order valence-electron chi connectivity index (χ4n) is 2.99. The Kier molecular flexibility index (Phi) is 5.79. The molecule has 1 aliphatic heterocycles. The van der Waals surface area contributed by atoms with Gasteiger partial charge in [0.1, 0.15) is 5.82 Å². The van der Waals surface area contributed by atoms with Crippen LogP contribution in [0.15, 0.2) is 24.8 Å².